The summed E-state index contributed by atoms with van der Waals surface area (Å²) in [6, 6.07) is 10.9. The van der Waals surface area contributed by atoms with Gasteiger partial charge in [0.2, 0.25) is 5.95 Å². The Bertz CT molecular complexity index is 1370. The standard InChI is InChI=1S/C24H17F4N3O2S/c25-18-8-14(32-10-13-9-24(13,27)28)7-17-20(18)33-19-4-3-12(15-2-1-5-30-21(15)26)6-16(19)23(17)11-34-22(29)31-23/h1-8,13H,9-11H2,(H2,29,31)/t13-,23-/m0/s1. The topological polar surface area (TPSA) is 69.7 Å². The van der Waals surface area contributed by atoms with Crippen molar-refractivity contribution in [3.8, 4) is 28.4 Å². The zero-order valence-corrected chi connectivity index (χ0v) is 18.3. The molecule has 10 heteroatoms. The maximum Gasteiger partial charge on any atom is 0.255 e. The molecule has 3 aliphatic rings. The van der Waals surface area contributed by atoms with Crippen LogP contribution >= 0.6 is 11.8 Å². The number of hydrogen-bond donors (Lipinski definition) is 1. The second-order valence-corrected chi connectivity index (χ2v) is 9.50. The monoisotopic (exact) mass is 487 g/mol. The number of aliphatic imine (C=N–C) groups is 1. The summed E-state index contributed by atoms with van der Waals surface area (Å²) in [6.07, 6.45) is 1.12. The quantitative estimate of drug-likeness (QED) is 0.390. The molecule has 3 aromatic rings. The summed E-state index contributed by atoms with van der Waals surface area (Å²) in [4.78, 5) is 8.37. The Balaban J connectivity index is 1.46. The molecule has 2 aliphatic heterocycles. The molecule has 2 N–H and O–H groups in total. The van der Waals surface area contributed by atoms with Crippen molar-refractivity contribution in [2.45, 2.75) is 17.9 Å². The fourth-order valence-corrected chi connectivity index (χ4v) is 5.34. The smallest absolute Gasteiger partial charge is 0.255 e. The van der Waals surface area contributed by atoms with Crippen LogP contribution in [0.5, 0.6) is 17.2 Å². The highest BCUT2D eigenvalue weighted by atomic mass is 32.2. The van der Waals surface area contributed by atoms with Gasteiger partial charge in [-0.3, -0.25) is 0 Å². The molecule has 6 rings (SSSR count). The first-order chi connectivity index (χ1) is 16.3. The predicted octanol–water partition coefficient (Wildman–Crippen LogP) is 5.47. The number of ether oxygens (including phenoxy) is 2. The van der Waals surface area contributed by atoms with E-state index >= 15 is 4.39 Å². The van der Waals surface area contributed by atoms with Gasteiger partial charge in [0.25, 0.3) is 5.92 Å². The number of alkyl halides is 2. The molecule has 0 radical (unpaired) electrons. The van der Waals surface area contributed by atoms with Crippen molar-refractivity contribution < 1.29 is 27.0 Å². The molecule has 0 amide bonds. The molecule has 2 atom stereocenters. The van der Waals surface area contributed by atoms with Crippen LogP contribution in [0.15, 0.2) is 53.7 Å². The number of nitrogens with zero attached hydrogens (tertiary/aromatic N) is 2. The van der Waals surface area contributed by atoms with E-state index in [4.69, 9.17) is 15.2 Å². The van der Waals surface area contributed by atoms with Gasteiger partial charge in [-0.15, -0.1) is 0 Å². The molecular formula is C24H17F4N3O2S. The van der Waals surface area contributed by atoms with E-state index in [2.05, 4.69) is 9.98 Å². The maximum atomic E-state index is 15.2. The van der Waals surface area contributed by atoms with Crippen LogP contribution in [0.25, 0.3) is 11.1 Å². The van der Waals surface area contributed by atoms with E-state index < -0.39 is 29.1 Å². The van der Waals surface area contributed by atoms with Gasteiger partial charge in [-0.2, -0.15) is 4.39 Å². The minimum atomic E-state index is -2.74. The van der Waals surface area contributed by atoms with E-state index in [0.717, 1.165) is 6.07 Å². The lowest BCUT2D eigenvalue weighted by Crippen LogP contribution is -2.30. The molecule has 2 aromatic carbocycles. The van der Waals surface area contributed by atoms with Crippen molar-refractivity contribution in [1.29, 1.82) is 0 Å². The van der Waals surface area contributed by atoms with Crippen molar-refractivity contribution in [2.75, 3.05) is 12.4 Å². The third-order valence-electron chi connectivity index (χ3n) is 6.31. The van der Waals surface area contributed by atoms with Gasteiger partial charge in [0.15, 0.2) is 16.7 Å². The zero-order chi connectivity index (χ0) is 23.7. The molecule has 1 aliphatic carbocycles. The average Bonchev–Trinajstić information content (AvgIpc) is 3.24. The largest absolute Gasteiger partial charge is 0.493 e. The second kappa shape index (κ2) is 7.36. The van der Waals surface area contributed by atoms with Gasteiger partial charge in [-0.25, -0.2) is 23.1 Å². The Labute approximate surface area is 196 Å². The van der Waals surface area contributed by atoms with Crippen molar-refractivity contribution in [3.05, 3.63) is 71.6 Å². The van der Waals surface area contributed by atoms with Crippen LogP contribution in [0.3, 0.4) is 0 Å². The number of amidine groups is 1. The Morgan fingerprint density at radius 1 is 1.15 bits per heavy atom. The summed E-state index contributed by atoms with van der Waals surface area (Å²) in [6.45, 7) is -0.222. The summed E-state index contributed by atoms with van der Waals surface area (Å²) < 4.78 is 67.5. The summed E-state index contributed by atoms with van der Waals surface area (Å²) in [7, 11) is 0. The van der Waals surface area contributed by atoms with E-state index in [1.165, 1.54) is 18.0 Å². The molecule has 1 spiro atoms. The average molecular weight is 487 g/mol. The van der Waals surface area contributed by atoms with Crippen LogP contribution in [0.4, 0.5) is 17.6 Å². The number of thioether (sulfide) groups is 1. The van der Waals surface area contributed by atoms with Gasteiger partial charge in [-0.05, 0) is 35.9 Å². The molecule has 174 valence electrons. The molecular weight excluding hydrogens is 470 g/mol. The predicted molar refractivity (Wildman–Crippen MR) is 120 cm³/mol. The number of benzene rings is 2. The first-order valence-corrected chi connectivity index (χ1v) is 11.5. The summed E-state index contributed by atoms with van der Waals surface area (Å²) >= 11 is 1.30. The van der Waals surface area contributed by atoms with Gasteiger partial charge in [0, 0.05) is 41.1 Å². The lowest BCUT2D eigenvalue weighted by molar-refractivity contribution is 0.0855. The molecule has 1 saturated carbocycles. The van der Waals surface area contributed by atoms with Gasteiger partial charge in [-0.1, -0.05) is 17.8 Å². The summed E-state index contributed by atoms with van der Waals surface area (Å²) in [5, 5.41) is 0.307. The highest BCUT2D eigenvalue weighted by Gasteiger charge is 2.57. The first kappa shape index (κ1) is 21.3. The molecule has 1 fully saturated rings. The third kappa shape index (κ3) is 3.31. The highest BCUT2D eigenvalue weighted by Crippen LogP contribution is 2.55. The zero-order valence-electron chi connectivity index (χ0n) is 17.5. The lowest BCUT2D eigenvalue weighted by atomic mass is 9.80. The van der Waals surface area contributed by atoms with Gasteiger partial charge >= 0.3 is 0 Å². The third-order valence-corrected chi connectivity index (χ3v) is 7.26. The minimum absolute atomic E-state index is 0.0315. The van der Waals surface area contributed by atoms with Crippen LogP contribution < -0.4 is 15.2 Å². The fraction of sp³-hybridized carbons (Fsp3) is 0.250. The summed E-state index contributed by atoms with van der Waals surface area (Å²) in [5.41, 5.74) is 6.71. The maximum absolute atomic E-state index is 15.2. The first-order valence-electron chi connectivity index (χ1n) is 10.5. The molecule has 0 unspecified atom stereocenters. The number of hydrogen-bond acceptors (Lipinski definition) is 6. The van der Waals surface area contributed by atoms with Crippen molar-refractivity contribution in [3.63, 3.8) is 0 Å². The SMILES string of the molecule is NC1=N[C@@]2(CS1)c1cc(-c3cccnc3F)ccc1Oc1c(F)cc(OC[C@@H]3CC3(F)F)cc12. The number of aromatic nitrogens is 1. The summed E-state index contributed by atoms with van der Waals surface area (Å²) in [5.74, 6) is -4.17. The van der Waals surface area contributed by atoms with Crippen LogP contribution in [0.2, 0.25) is 0 Å². The van der Waals surface area contributed by atoms with E-state index in [1.807, 2.05) is 0 Å². The van der Waals surface area contributed by atoms with Crippen LogP contribution in [0, 0.1) is 17.7 Å². The van der Waals surface area contributed by atoms with E-state index in [9.17, 15) is 13.2 Å². The second-order valence-electron chi connectivity index (χ2n) is 8.51. The fourth-order valence-electron chi connectivity index (χ4n) is 4.38. The number of nitrogens with two attached hydrogens (primary N) is 1. The van der Waals surface area contributed by atoms with Crippen molar-refractivity contribution in [2.24, 2.45) is 16.6 Å². The van der Waals surface area contributed by atoms with Crippen LogP contribution in [-0.2, 0) is 5.54 Å². The molecule has 0 saturated heterocycles. The molecule has 0 bridgehead atoms. The lowest BCUT2D eigenvalue weighted by Gasteiger charge is -2.35. The normalized spacial score (nSPS) is 23.6. The number of rotatable bonds is 4. The Morgan fingerprint density at radius 3 is 2.68 bits per heavy atom. The number of halogens is 4. The Kier molecular flexibility index (Phi) is 4.61. The highest BCUT2D eigenvalue weighted by molar-refractivity contribution is 8.14. The number of pyridine rings is 1. The molecule has 34 heavy (non-hydrogen) atoms. The van der Waals surface area contributed by atoms with Gasteiger partial charge in [0.05, 0.1) is 12.5 Å². The van der Waals surface area contributed by atoms with Crippen LogP contribution in [0.1, 0.15) is 17.5 Å². The molecule has 3 heterocycles. The number of fused-ring (bicyclic) bond motifs is 4. The van der Waals surface area contributed by atoms with E-state index in [1.54, 1.807) is 36.4 Å². The van der Waals surface area contributed by atoms with Crippen molar-refractivity contribution in [1.82, 2.24) is 4.98 Å². The van der Waals surface area contributed by atoms with Crippen LogP contribution in [-0.4, -0.2) is 28.4 Å². The molecule has 1 aromatic heterocycles. The van der Waals surface area contributed by atoms with Gasteiger partial charge in [0.1, 0.15) is 17.0 Å². The Hall–Kier alpha value is -3.27. The van der Waals surface area contributed by atoms with Gasteiger partial charge < -0.3 is 15.2 Å². The van der Waals surface area contributed by atoms with E-state index in [0.29, 0.717) is 38.9 Å². The minimum Gasteiger partial charge on any atom is -0.493 e. The van der Waals surface area contributed by atoms with Crippen molar-refractivity contribution >= 4 is 16.9 Å². The molecule has 5 nitrogen and oxygen atoms in total. The Morgan fingerprint density at radius 2 is 1.97 bits per heavy atom. The van der Waals surface area contributed by atoms with E-state index in [-0.39, 0.29) is 24.5 Å².